The van der Waals surface area contributed by atoms with Crippen LogP contribution in [0.5, 0.6) is 0 Å². The molecule has 1 aliphatic rings. The number of hydrogen-bond donors (Lipinski definition) is 0. The van der Waals surface area contributed by atoms with Crippen LogP contribution in [0.3, 0.4) is 0 Å². The number of nitrogens with zero attached hydrogens (tertiary/aromatic N) is 3. The van der Waals surface area contributed by atoms with Crippen LogP contribution in [0.1, 0.15) is 4.88 Å². The molecule has 27 heavy (non-hydrogen) atoms. The van der Waals surface area contributed by atoms with Crippen LogP contribution >= 0.6 is 11.3 Å². The van der Waals surface area contributed by atoms with Crippen LogP contribution in [0.15, 0.2) is 39.8 Å². The number of halogens is 1. The minimum atomic E-state index is -3.60. The lowest BCUT2D eigenvalue weighted by molar-refractivity contribution is 0.0730. The summed E-state index contributed by atoms with van der Waals surface area (Å²) in [4.78, 5) is 5.77. The van der Waals surface area contributed by atoms with Crippen molar-refractivity contribution in [3.8, 4) is 22.2 Å². The first-order valence-corrected chi connectivity index (χ1v) is 10.5. The Morgan fingerprint density at radius 2 is 1.89 bits per heavy atom. The lowest BCUT2D eigenvalue weighted by Crippen LogP contribution is -2.40. The Hall–Kier alpha value is -2.14. The summed E-state index contributed by atoms with van der Waals surface area (Å²) >= 11 is 1.28. The van der Waals surface area contributed by atoms with E-state index in [1.807, 2.05) is 0 Å². The standard InChI is InChI=1S/C17H16FN3O4S2/c1-11-15(27(22,23)21-6-8-24-9-7-21)10-14(26-11)17-19-16(20-25-17)12-2-4-13(18)5-3-12/h2-5,10H,6-9H2,1H3. The molecule has 0 aliphatic carbocycles. The molecule has 0 unspecified atom stereocenters. The van der Waals surface area contributed by atoms with E-state index >= 15 is 0 Å². The van der Waals surface area contributed by atoms with Crippen LogP contribution in [0.25, 0.3) is 22.2 Å². The first kappa shape index (κ1) is 18.2. The number of aromatic nitrogens is 2. The van der Waals surface area contributed by atoms with E-state index in [9.17, 15) is 12.8 Å². The van der Waals surface area contributed by atoms with Crippen molar-refractivity contribution in [3.63, 3.8) is 0 Å². The summed E-state index contributed by atoms with van der Waals surface area (Å²) in [6.07, 6.45) is 0. The van der Waals surface area contributed by atoms with Gasteiger partial charge in [-0.05, 0) is 37.3 Å². The normalized spacial score (nSPS) is 15.9. The van der Waals surface area contributed by atoms with Crippen LogP contribution in [0.2, 0.25) is 0 Å². The van der Waals surface area contributed by atoms with Gasteiger partial charge >= 0.3 is 0 Å². The molecule has 2 aromatic heterocycles. The number of aryl methyl sites for hydroxylation is 1. The van der Waals surface area contributed by atoms with Gasteiger partial charge in [0.15, 0.2) is 0 Å². The first-order chi connectivity index (χ1) is 12.9. The van der Waals surface area contributed by atoms with Crippen molar-refractivity contribution in [2.45, 2.75) is 11.8 Å². The summed E-state index contributed by atoms with van der Waals surface area (Å²) in [6.45, 7) is 3.20. The molecule has 142 valence electrons. The fourth-order valence-corrected chi connectivity index (χ4v) is 5.68. The molecule has 1 fully saturated rings. The van der Waals surface area contributed by atoms with Crippen LogP contribution in [0.4, 0.5) is 4.39 Å². The maximum absolute atomic E-state index is 13.1. The Morgan fingerprint density at radius 3 is 2.59 bits per heavy atom. The highest BCUT2D eigenvalue weighted by Gasteiger charge is 2.30. The summed E-state index contributed by atoms with van der Waals surface area (Å²) in [5.41, 5.74) is 0.612. The fourth-order valence-electron chi connectivity index (χ4n) is 2.79. The molecular weight excluding hydrogens is 393 g/mol. The van der Waals surface area contributed by atoms with E-state index < -0.39 is 10.0 Å². The molecule has 1 aliphatic heterocycles. The van der Waals surface area contributed by atoms with Crippen molar-refractivity contribution in [2.75, 3.05) is 26.3 Å². The van der Waals surface area contributed by atoms with Gasteiger partial charge in [-0.25, -0.2) is 12.8 Å². The molecule has 10 heteroatoms. The van der Waals surface area contributed by atoms with Crippen LogP contribution < -0.4 is 0 Å². The third-order valence-electron chi connectivity index (χ3n) is 4.20. The lowest BCUT2D eigenvalue weighted by Gasteiger charge is -2.25. The maximum atomic E-state index is 13.1. The van der Waals surface area contributed by atoms with Crippen LogP contribution in [-0.4, -0.2) is 49.2 Å². The molecule has 3 heterocycles. The number of sulfonamides is 1. The molecule has 0 atom stereocenters. The third kappa shape index (κ3) is 3.53. The fraction of sp³-hybridized carbons (Fsp3) is 0.294. The first-order valence-electron chi connectivity index (χ1n) is 8.23. The Morgan fingerprint density at radius 1 is 1.19 bits per heavy atom. The van der Waals surface area contributed by atoms with Gasteiger partial charge in [0.05, 0.1) is 23.0 Å². The second kappa shape index (κ2) is 7.12. The number of morpholine rings is 1. The second-order valence-electron chi connectivity index (χ2n) is 5.98. The van der Waals surface area contributed by atoms with Gasteiger partial charge in [-0.3, -0.25) is 0 Å². The van der Waals surface area contributed by atoms with Crippen molar-refractivity contribution in [2.24, 2.45) is 0 Å². The van der Waals surface area contributed by atoms with E-state index in [2.05, 4.69) is 10.1 Å². The SMILES string of the molecule is Cc1sc(-c2nc(-c3ccc(F)cc3)no2)cc1S(=O)(=O)N1CCOCC1. The maximum Gasteiger partial charge on any atom is 0.268 e. The summed E-state index contributed by atoms with van der Waals surface area (Å²) < 4.78 is 50.8. The Labute approximate surface area is 159 Å². The zero-order chi connectivity index (χ0) is 19.0. The predicted octanol–water partition coefficient (Wildman–Crippen LogP) is 2.93. The molecule has 0 N–H and O–H groups in total. The van der Waals surface area contributed by atoms with Crippen LogP contribution in [0, 0.1) is 12.7 Å². The number of rotatable bonds is 4. The molecular formula is C17H16FN3O4S2. The molecule has 0 amide bonds. The predicted molar refractivity (Wildman–Crippen MR) is 97.3 cm³/mol. The number of thiophene rings is 1. The second-order valence-corrected chi connectivity index (χ2v) is 9.14. The van der Waals surface area contributed by atoms with Crippen molar-refractivity contribution in [1.82, 2.24) is 14.4 Å². The van der Waals surface area contributed by atoms with E-state index in [1.165, 1.54) is 27.8 Å². The number of benzene rings is 1. The van der Waals surface area contributed by atoms with Gasteiger partial charge in [-0.15, -0.1) is 11.3 Å². The Kier molecular flexibility index (Phi) is 4.81. The molecule has 3 aromatic rings. The van der Waals surface area contributed by atoms with Crippen molar-refractivity contribution >= 4 is 21.4 Å². The van der Waals surface area contributed by atoms with Gasteiger partial charge in [0, 0.05) is 23.5 Å². The smallest absolute Gasteiger partial charge is 0.268 e. The summed E-state index contributed by atoms with van der Waals surface area (Å²) in [7, 11) is -3.60. The molecule has 0 saturated carbocycles. The van der Waals surface area contributed by atoms with E-state index in [4.69, 9.17) is 9.26 Å². The molecule has 0 spiro atoms. The van der Waals surface area contributed by atoms with E-state index in [0.29, 0.717) is 47.4 Å². The molecule has 1 saturated heterocycles. The van der Waals surface area contributed by atoms with Gasteiger partial charge in [0.2, 0.25) is 15.8 Å². The highest BCUT2D eigenvalue weighted by Crippen LogP contribution is 2.35. The average molecular weight is 409 g/mol. The topological polar surface area (TPSA) is 85.5 Å². The lowest BCUT2D eigenvalue weighted by atomic mass is 10.2. The van der Waals surface area contributed by atoms with Crippen LogP contribution in [-0.2, 0) is 14.8 Å². The van der Waals surface area contributed by atoms with E-state index in [-0.39, 0.29) is 16.6 Å². The highest BCUT2D eigenvalue weighted by molar-refractivity contribution is 7.89. The summed E-state index contributed by atoms with van der Waals surface area (Å²) in [5, 5.41) is 3.91. The zero-order valence-electron chi connectivity index (χ0n) is 14.4. The van der Waals surface area contributed by atoms with Gasteiger partial charge < -0.3 is 9.26 Å². The zero-order valence-corrected chi connectivity index (χ0v) is 16.0. The summed E-state index contributed by atoms with van der Waals surface area (Å²) in [6, 6.07) is 7.30. The number of hydrogen-bond acceptors (Lipinski definition) is 7. The Bertz CT molecular complexity index is 1050. The largest absolute Gasteiger partial charge is 0.379 e. The van der Waals surface area contributed by atoms with Crippen molar-refractivity contribution < 1.29 is 22.1 Å². The van der Waals surface area contributed by atoms with Gasteiger partial charge in [0.1, 0.15) is 5.82 Å². The minimum absolute atomic E-state index is 0.228. The Balaban J connectivity index is 1.64. The molecule has 1 aromatic carbocycles. The summed E-state index contributed by atoms with van der Waals surface area (Å²) in [5.74, 6) is 0.189. The molecule has 4 rings (SSSR count). The van der Waals surface area contributed by atoms with Crippen molar-refractivity contribution in [1.29, 1.82) is 0 Å². The van der Waals surface area contributed by atoms with Gasteiger partial charge in [-0.2, -0.15) is 9.29 Å². The third-order valence-corrected chi connectivity index (χ3v) is 7.39. The average Bonchev–Trinajstić information content (AvgIpc) is 3.30. The highest BCUT2D eigenvalue weighted by atomic mass is 32.2. The minimum Gasteiger partial charge on any atom is -0.379 e. The molecule has 7 nitrogen and oxygen atoms in total. The van der Waals surface area contributed by atoms with E-state index in [1.54, 1.807) is 25.1 Å². The molecule has 0 radical (unpaired) electrons. The van der Waals surface area contributed by atoms with Crippen molar-refractivity contribution in [3.05, 3.63) is 41.0 Å². The van der Waals surface area contributed by atoms with Gasteiger partial charge in [-0.1, -0.05) is 5.16 Å². The van der Waals surface area contributed by atoms with E-state index in [0.717, 1.165) is 0 Å². The van der Waals surface area contributed by atoms with Gasteiger partial charge in [0.25, 0.3) is 5.89 Å². The monoisotopic (exact) mass is 409 g/mol. The quantitative estimate of drug-likeness (QED) is 0.659. The number of ether oxygens (including phenoxy) is 1. The molecule has 0 bridgehead atoms.